The Balaban J connectivity index is 1.07. The van der Waals surface area contributed by atoms with Gasteiger partial charge in [0.25, 0.3) is 0 Å². The van der Waals surface area contributed by atoms with Crippen molar-refractivity contribution in [1.29, 1.82) is 0 Å². The maximum absolute atomic E-state index is 5.55. The van der Waals surface area contributed by atoms with Gasteiger partial charge in [-0.3, -0.25) is 0 Å². The number of hydrogen-bond donors (Lipinski definition) is 2. The van der Waals surface area contributed by atoms with Gasteiger partial charge in [0.2, 0.25) is 0 Å². The Morgan fingerprint density at radius 1 is 0.289 bits per heavy atom. The SMILES string of the molecule is CCCCCCc1cc2cc3c(cc2s1)-c1nc-3nc2[nH]c(nc3nc(nc4[nH]c(n1)c1cc5cc(CCCCCC)sc5cc41)-c1cc4cc(CCCCCC)sc4cc1-3)c1cc3cc(CCCCCC)sc3cc21. The second-order valence-corrected chi connectivity index (χ2v) is 26.1. The fourth-order valence-electron chi connectivity index (χ4n) is 11.5. The van der Waals surface area contributed by atoms with E-state index in [4.69, 9.17) is 29.9 Å². The Hall–Kier alpha value is -5.92. The molecule has 386 valence electrons. The van der Waals surface area contributed by atoms with Gasteiger partial charge in [0.15, 0.2) is 23.3 Å². The van der Waals surface area contributed by atoms with Gasteiger partial charge < -0.3 is 9.97 Å². The molecular weight excluding hydrogens is 1010 g/mol. The van der Waals surface area contributed by atoms with Crippen molar-refractivity contribution in [3.8, 4) is 45.6 Å². The number of unbranched alkanes of at least 4 members (excludes halogenated alkanes) is 12. The van der Waals surface area contributed by atoms with E-state index in [2.05, 4.69) is 110 Å². The monoisotopic (exact) mass is 1070 g/mol. The normalized spacial score (nSPS) is 12.5. The number of rotatable bonds is 20. The van der Waals surface area contributed by atoms with Crippen LogP contribution in [0.5, 0.6) is 0 Å². The first-order chi connectivity index (χ1) is 37.4. The lowest BCUT2D eigenvalue weighted by Crippen LogP contribution is -1.83. The molecule has 0 radical (unpaired) electrons. The first kappa shape index (κ1) is 49.6. The lowest BCUT2D eigenvalue weighted by Gasteiger charge is -1.99. The van der Waals surface area contributed by atoms with Gasteiger partial charge in [0.1, 0.15) is 22.6 Å². The maximum Gasteiger partial charge on any atom is 0.164 e. The maximum atomic E-state index is 5.55. The van der Waals surface area contributed by atoms with Crippen molar-refractivity contribution in [1.82, 2.24) is 39.9 Å². The summed E-state index contributed by atoms with van der Waals surface area (Å²) < 4.78 is 5.02. The van der Waals surface area contributed by atoms with Crippen molar-refractivity contribution < 1.29 is 0 Å². The van der Waals surface area contributed by atoms with E-state index >= 15 is 0 Å². The minimum absolute atomic E-state index is 0.648. The molecule has 11 aromatic rings. The molecular formula is C64H66N8S4. The Morgan fingerprint density at radius 3 is 0.882 bits per heavy atom. The van der Waals surface area contributed by atoms with Crippen LogP contribution < -0.4 is 0 Å². The lowest BCUT2D eigenvalue weighted by molar-refractivity contribution is 0.670. The van der Waals surface area contributed by atoms with E-state index in [0.29, 0.717) is 23.3 Å². The van der Waals surface area contributed by atoms with Crippen LogP contribution >= 0.6 is 45.3 Å². The van der Waals surface area contributed by atoms with E-state index in [1.165, 1.54) is 163 Å². The van der Waals surface area contributed by atoms with E-state index in [9.17, 15) is 0 Å². The first-order valence-corrected chi connectivity index (χ1v) is 31.8. The summed E-state index contributed by atoms with van der Waals surface area (Å²) in [7, 11) is 0. The molecule has 7 aromatic heterocycles. The van der Waals surface area contributed by atoms with Crippen LogP contribution in [0.15, 0.2) is 72.8 Å². The molecule has 0 atom stereocenters. The predicted molar refractivity (Wildman–Crippen MR) is 329 cm³/mol. The molecule has 76 heavy (non-hydrogen) atoms. The summed E-state index contributed by atoms with van der Waals surface area (Å²) in [6.45, 7) is 9.12. The fraction of sp³-hybridized carbons (Fsp3) is 0.375. The van der Waals surface area contributed by atoms with Crippen molar-refractivity contribution in [2.75, 3.05) is 0 Å². The molecule has 0 aliphatic carbocycles. The molecule has 13 rings (SSSR count). The van der Waals surface area contributed by atoms with Crippen LogP contribution in [0.25, 0.3) is 130 Å². The third kappa shape index (κ3) is 9.66. The second-order valence-electron chi connectivity index (χ2n) is 21.4. The van der Waals surface area contributed by atoms with Crippen LogP contribution in [0.2, 0.25) is 0 Å². The molecule has 0 saturated heterocycles. The predicted octanol–water partition coefficient (Wildman–Crippen LogP) is 20.2. The lowest BCUT2D eigenvalue weighted by atomic mass is 10.1. The average molecular weight is 1080 g/mol. The van der Waals surface area contributed by atoms with Crippen molar-refractivity contribution in [2.45, 2.75) is 156 Å². The van der Waals surface area contributed by atoms with Crippen LogP contribution in [-0.2, 0) is 25.7 Å². The molecule has 2 aliphatic rings. The number of fused-ring (bicyclic) bond motifs is 24. The van der Waals surface area contributed by atoms with Gasteiger partial charge in [-0.25, -0.2) is 29.9 Å². The minimum atomic E-state index is 0.648. The number of H-pyrrole nitrogens is 2. The standard InChI is InChI=1S/C64H66N8S4/c1-5-9-13-17-21-41-25-37-29-45-49(33-53(37)73-41)61-65-57(45)69-62-50-34-54-39(27-43(74-54)23-19-15-11-7-3)31-47(50)59(67-62)71-64-52-36-56-40(28-44(76-56)24-20-16-12-8-4)32-48(52)60(68-64)72-63-51-35-55-38(30-46(51)58(66-63)70-61)26-42(75-55)22-18-14-10-6-2/h25-36H,5-24H2,1-4H3,(H2,65,66,67,68,69,70,71,72). The summed E-state index contributed by atoms with van der Waals surface area (Å²) in [5, 5.41) is 9.01. The Kier molecular flexibility index (Phi) is 14.0. The smallest absolute Gasteiger partial charge is 0.164 e. The van der Waals surface area contributed by atoms with Gasteiger partial charge in [-0.1, -0.05) is 105 Å². The van der Waals surface area contributed by atoms with Crippen molar-refractivity contribution in [3.63, 3.8) is 0 Å². The number of benzene rings is 4. The number of nitrogens with one attached hydrogen (secondary N) is 2. The fourth-order valence-corrected chi connectivity index (χ4v) is 16.0. The Labute approximate surface area is 460 Å². The minimum Gasteiger partial charge on any atom is -0.324 e. The molecule has 0 unspecified atom stereocenters. The molecule has 2 N–H and O–H groups in total. The number of aromatic nitrogens is 8. The third-order valence-electron chi connectivity index (χ3n) is 15.7. The topological polar surface area (TPSA) is 109 Å². The number of aryl methyl sites for hydroxylation is 4. The highest BCUT2D eigenvalue weighted by atomic mass is 32.1. The molecule has 2 aliphatic heterocycles. The molecule has 4 aromatic carbocycles. The largest absolute Gasteiger partial charge is 0.324 e. The summed E-state index contributed by atoms with van der Waals surface area (Å²) in [4.78, 5) is 46.3. The van der Waals surface area contributed by atoms with E-state index in [1.54, 1.807) is 0 Å². The average Bonchev–Trinajstić information content (AvgIpc) is 4.32. The molecule has 9 heterocycles. The summed E-state index contributed by atoms with van der Waals surface area (Å²) in [5.41, 5.74) is 6.91. The van der Waals surface area contributed by atoms with Gasteiger partial charge in [0, 0.05) is 82.1 Å². The van der Waals surface area contributed by atoms with Crippen LogP contribution in [0.3, 0.4) is 0 Å². The van der Waals surface area contributed by atoms with E-state index in [0.717, 1.165) is 92.1 Å². The summed E-state index contributed by atoms with van der Waals surface area (Å²) >= 11 is 7.62. The second kappa shape index (κ2) is 21.5. The van der Waals surface area contributed by atoms with Gasteiger partial charge in [-0.05, 0) is 146 Å². The summed E-state index contributed by atoms with van der Waals surface area (Å²) in [6, 6.07) is 28.1. The van der Waals surface area contributed by atoms with Gasteiger partial charge in [-0.15, -0.1) is 45.3 Å². The molecule has 12 heteroatoms. The Bertz CT molecular complexity index is 3670. The van der Waals surface area contributed by atoms with E-state index < -0.39 is 0 Å². The summed E-state index contributed by atoms with van der Waals surface area (Å²) in [6.07, 6.45) is 24.3. The molecule has 0 fully saturated rings. The van der Waals surface area contributed by atoms with E-state index in [-0.39, 0.29) is 0 Å². The van der Waals surface area contributed by atoms with Crippen LogP contribution in [0, 0.1) is 0 Å². The highest BCUT2D eigenvalue weighted by molar-refractivity contribution is 7.20. The van der Waals surface area contributed by atoms with Gasteiger partial charge in [0.05, 0.1) is 0 Å². The zero-order valence-electron chi connectivity index (χ0n) is 44.4. The molecule has 8 nitrogen and oxygen atoms in total. The zero-order valence-corrected chi connectivity index (χ0v) is 47.7. The van der Waals surface area contributed by atoms with Crippen molar-refractivity contribution in [2.24, 2.45) is 0 Å². The molecule has 8 bridgehead atoms. The number of nitrogens with zero attached hydrogens (tertiary/aromatic N) is 6. The zero-order chi connectivity index (χ0) is 51.3. The molecule has 0 spiro atoms. The van der Waals surface area contributed by atoms with Gasteiger partial charge in [-0.2, -0.15) is 0 Å². The number of thiophene rings is 4. The third-order valence-corrected chi connectivity index (χ3v) is 20.3. The molecule has 0 amide bonds. The van der Waals surface area contributed by atoms with E-state index in [1.807, 2.05) is 45.3 Å². The number of aromatic amines is 2. The summed E-state index contributed by atoms with van der Waals surface area (Å²) in [5.74, 6) is 2.59. The van der Waals surface area contributed by atoms with Crippen molar-refractivity contribution >= 4 is 130 Å². The van der Waals surface area contributed by atoms with Gasteiger partial charge >= 0.3 is 0 Å². The van der Waals surface area contributed by atoms with Crippen LogP contribution in [0.4, 0.5) is 0 Å². The first-order valence-electron chi connectivity index (χ1n) is 28.5. The quantitative estimate of drug-likeness (QED) is 0.0736. The number of hydrogen-bond acceptors (Lipinski definition) is 10. The van der Waals surface area contributed by atoms with Crippen LogP contribution in [0.1, 0.15) is 150 Å². The van der Waals surface area contributed by atoms with Crippen molar-refractivity contribution in [3.05, 3.63) is 92.3 Å². The highest BCUT2D eigenvalue weighted by Crippen LogP contribution is 2.44. The van der Waals surface area contributed by atoms with Crippen LogP contribution in [-0.4, -0.2) is 39.9 Å². The Morgan fingerprint density at radius 2 is 0.566 bits per heavy atom. The molecule has 0 saturated carbocycles. The highest BCUT2D eigenvalue weighted by Gasteiger charge is 2.25.